The van der Waals surface area contributed by atoms with Crippen molar-refractivity contribution in [1.82, 2.24) is 15.4 Å². The summed E-state index contributed by atoms with van der Waals surface area (Å²) in [5.74, 6) is 0.403. The number of hydrogen-bond donors (Lipinski definition) is 1. The maximum atomic E-state index is 12.8. The van der Waals surface area contributed by atoms with Gasteiger partial charge in [-0.15, -0.1) is 0 Å². The number of nitrogens with one attached hydrogen (secondary N) is 1. The summed E-state index contributed by atoms with van der Waals surface area (Å²) in [6, 6.07) is 15.7. The van der Waals surface area contributed by atoms with Crippen LogP contribution in [0.15, 0.2) is 53.1 Å². The molecule has 1 aliphatic rings. The van der Waals surface area contributed by atoms with Crippen LogP contribution in [0, 0.1) is 13.8 Å². The summed E-state index contributed by atoms with van der Waals surface area (Å²) in [5, 5.41) is 7.91. The number of nitrogens with zero attached hydrogens (tertiary/aromatic N) is 3. The van der Waals surface area contributed by atoms with Crippen LogP contribution in [0.5, 0.6) is 0 Å². The van der Waals surface area contributed by atoms with Crippen molar-refractivity contribution in [3.8, 4) is 11.3 Å². The van der Waals surface area contributed by atoms with Crippen LogP contribution in [0.25, 0.3) is 11.3 Å². The molecule has 1 aromatic heterocycles. The molecule has 1 aliphatic heterocycles. The fourth-order valence-electron chi connectivity index (χ4n) is 4.21. The Bertz CT molecular complexity index is 1060. The van der Waals surface area contributed by atoms with Gasteiger partial charge in [-0.2, -0.15) is 0 Å². The van der Waals surface area contributed by atoms with Crippen molar-refractivity contribution in [3.63, 3.8) is 0 Å². The lowest BCUT2D eigenvalue weighted by Gasteiger charge is -2.36. The third kappa shape index (κ3) is 5.14. The van der Waals surface area contributed by atoms with Gasteiger partial charge in [-0.1, -0.05) is 47.1 Å². The van der Waals surface area contributed by atoms with Crippen LogP contribution < -0.4 is 10.2 Å². The van der Waals surface area contributed by atoms with Crippen molar-refractivity contribution in [1.29, 1.82) is 0 Å². The van der Waals surface area contributed by atoms with Crippen LogP contribution in [0.1, 0.15) is 28.1 Å². The van der Waals surface area contributed by atoms with Crippen molar-refractivity contribution in [2.45, 2.75) is 20.3 Å². The lowest BCUT2D eigenvalue weighted by molar-refractivity contribution is 0.0950. The Labute approximate surface area is 194 Å². The summed E-state index contributed by atoms with van der Waals surface area (Å²) in [6.07, 6.45) is 0.900. The molecular weight excluding hydrogens is 424 g/mol. The Hall–Kier alpha value is -2.83. The lowest BCUT2D eigenvalue weighted by Crippen LogP contribution is -2.47. The van der Waals surface area contributed by atoms with E-state index in [4.69, 9.17) is 16.1 Å². The first-order valence-electron chi connectivity index (χ1n) is 11.1. The smallest absolute Gasteiger partial charge is 0.257 e. The van der Waals surface area contributed by atoms with Gasteiger partial charge in [0.1, 0.15) is 17.0 Å². The van der Waals surface area contributed by atoms with Gasteiger partial charge < -0.3 is 14.7 Å². The molecular formula is C25H29ClN4O2. The summed E-state index contributed by atoms with van der Waals surface area (Å²) < 4.78 is 5.30. The number of piperazine rings is 1. The molecule has 3 aromatic rings. The molecule has 1 saturated heterocycles. The number of amides is 1. The van der Waals surface area contributed by atoms with Gasteiger partial charge in [-0.25, -0.2) is 0 Å². The molecule has 0 aliphatic carbocycles. The molecule has 0 spiro atoms. The van der Waals surface area contributed by atoms with Crippen LogP contribution in [0.4, 0.5) is 5.69 Å². The molecule has 0 saturated carbocycles. The first-order valence-corrected chi connectivity index (χ1v) is 11.4. The maximum Gasteiger partial charge on any atom is 0.257 e. The van der Waals surface area contributed by atoms with Crippen molar-refractivity contribution < 1.29 is 9.32 Å². The Morgan fingerprint density at radius 1 is 1.09 bits per heavy atom. The number of benzene rings is 2. The van der Waals surface area contributed by atoms with E-state index in [2.05, 4.69) is 33.3 Å². The molecule has 0 radical (unpaired) electrons. The predicted octanol–water partition coefficient (Wildman–Crippen LogP) is 4.55. The molecule has 0 atom stereocenters. The van der Waals surface area contributed by atoms with Gasteiger partial charge in [0, 0.05) is 49.0 Å². The highest BCUT2D eigenvalue weighted by molar-refractivity contribution is 6.30. The monoisotopic (exact) mass is 452 g/mol. The molecule has 0 bridgehead atoms. The second kappa shape index (κ2) is 10.2. The lowest BCUT2D eigenvalue weighted by atomic mass is 10.1. The second-order valence-corrected chi connectivity index (χ2v) is 8.63. The molecule has 32 heavy (non-hydrogen) atoms. The zero-order valence-electron chi connectivity index (χ0n) is 18.6. The van der Waals surface area contributed by atoms with Crippen molar-refractivity contribution in [3.05, 3.63) is 70.4 Å². The molecule has 2 heterocycles. The van der Waals surface area contributed by atoms with Gasteiger partial charge in [0.05, 0.1) is 0 Å². The van der Waals surface area contributed by atoms with Crippen LogP contribution >= 0.6 is 11.6 Å². The molecule has 0 unspecified atom stereocenters. The number of aryl methyl sites for hydroxylation is 2. The van der Waals surface area contributed by atoms with E-state index in [-0.39, 0.29) is 5.91 Å². The average molecular weight is 453 g/mol. The molecule has 6 nitrogen and oxygen atoms in total. The van der Waals surface area contributed by atoms with E-state index in [1.165, 1.54) is 11.3 Å². The minimum absolute atomic E-state index is 0.134. The highest BCUT2D eigenvalue weighted by Gasteiger charge is 2.22. The molecule has 7 heteroatoms. The largest absolute Gasteiger partial charge is 0.369 e. The number of carbonyl (C=O) groups is 1. The normalized spacial score (nSPS) is 14.5. The van der Waals surface area contributed by atoms with E-state index in [9.17, 15) is 4.79 Å². The number of carbonyl (C=O) groups excluding carboxylic acids is 1. The number of rotatable bonds is 7. The topological polar surface area (TPSA) is 61.6 Å². The number of aromatic nitrogens is 1. The van der Waals surface area contributed by atoms with E-state index in [0.717, 1.165) is 49.7 Å². The van der Waals surface area contributed by atoms with E-state index in [1.807, 2.05) is 42.5 Å². The van der Waals surface area contributed by atoms with Crippen LogP contribution in [-0.4, -0.2) is 55.2 Å². The maximum absolute atomic E-state index is 12.8. The van der Waals surface area contributed by atoms with Crippen LogP contribution in [-0.2, 0) is 0 Å². The zero-order chi connectivity index (χ0) is 22.5. The van der Waals surface area contributed by atoms with Gasteiger partial charge in [-0.05, 0) is 50.6 Å². The molecule has 2 aromatic carbocycles. The summed E-state index contributed by atoms with van der Waals surface area (Å²) in [5.41, 5.74) is 4.47. The standard InChI is InChI=1S/C25H29ClN4O2/c1-18-17-21(26)9-10-22(18)30-15-13-29(14-16-30)12-6-11-27-25(31)23-19(2)32-28-24(23)20-7-4-3-5-8-20/h3-5,7-10,17H,6,11-16H2,1-2H3,(H,27,31). The molecule has 1 amide bonds. The quantitative estimate of drug-likeness (QED) is 0.533. The van der Waals surface area contributed by atoms with Gasteiger partial charge in [-0.3, -0.25) is 9.69 Å². The van der Waals surface area contributed by atoms with Gasteiger partial charge in [0.2, 0.25) is 0 Å². The van der Waals surface area contributed by atoms with Gasteiger partial charge in [0.15, 0.2) is 0 Å². The van der Waals surface area contributed by atoms with Gasteiger partial charge >= 0.3 is 0 Å². The summed E-state index contributed by atoms with van der Waals surface area (Å²) >= 11 is 6.09. The molecule has 168 valence electrons. The minimum Gasteiger partial charge on any atom is -0.369 e. The fraction of sp³-hybridized carbons (Fsp3) is 0.360. The fourth-order valence-corrected chi connectivity index (χ4v) is 4.44. The van der Waals surface area contributed by atoms with E-state index in [1.54, 1.807) is 6.92 Å². The number of hydrogen-bond acceptors (Lipinski definition) is 5. The van der Waals surface area contributed by atoms with Crippen LogP contribution in [0.3, 0.4) is 0 Å². The highest BCUT2D eigenvalue weighted by atomic mass is 35.5. The Balaban J connectivity index is 1.24. The third-order valence-corrected chi connectivity index (χ3v) is 6.18. The number of halogens is 1. The summed E-state index contributed by atoms with van der Waals surface area (Å²) in [7, 11) is 0. The number of anilines is 1. The van der Waals surface area contributed by atoms with E-state index >= 15 is 0 Å². The first-order chi connectivity index (χ1) is 15.5. The van der Waals surface area contributed by atoms with Crippen molar-refractivity contribution in [2.75, 3.05) is 44.2 Å². The minimum atomic E-state index is -0.134. The summed E-state index contributed by atoms with van der Waals surface area (Å²) in [4.78, 5) is 17.7. The Morgan fingerprint density at radius 2 is 1.84 bits per heavy atom. The summed E-state index contributed by atoms with van der Waals surface area (Å²) in [6.45, 7) is 9.48. The molecule has 1 fully saturated rings. The van der Waals surface area contributed by atoms with Crippen molar-refractivity contribution >= 4 is 23.2 Å². The van der Waals surface area contributed by atoms with E-state index < -0.39 is 0 Å². The molecule has 1 N–H and O–H groups in total. The first kappa shape index (κ1) is 22.4. The Kier molecular flexibility index (Phi) is 7.12. The average Bonchev–Trinajstić information content (AvgIpc) is 3.19. The highest BCUT2D eigenvalue weighted by Crippen LogP contribution is 2.26. The predicted molar refractivity (Wildman–Crippen MR) is 128 cm³/mol. The molecule has 4 rings (SSSR count). The second-order valence-electron chi connectivity index (χ2n) is 8.20. The SMILES string of the molecule is Cc1cc(Cl)ccc1N1CCN(CCCNC(=O)c2c(-c3ccccc3)noc2C)CC1. The zero-order valence-corrected chi connectivity index (χ0v) is 19.4. The van der Waals surface area contributed by atoms with E-state index in [0.29, 0.717) is 23.6 Å². The Morgan fingerprint density at radius 3 is 2.56 bits per heavy atom. The van der Waals surface area contributed by atoms with Gasteiger partial charge in [0.25, 0.3) is 5.91 Å². The third-order valence-electron chi connectivity index (χ3n) is 5.95. The van der Waals surface area contributed by atoms with Crippen LogP contribution in [0.2, 0.25) is 5.02 Å². The van der Waals surface area contributed by atoms with Crippen molar-refractivity contribution in [2.24, 2.45) is 0 Å².